The SMILES string of the molecule is CC(=O)c1ccc(NC(=O)c2ccnc(N3CCOCC3)n2)cc1. The lowest BCUT2D eigenvalue weighted by Crippen LogP contribution is -2.37. The van der Waals surface area contributed by atoms with Crippen LogP contribution in [0.5, 0.6) is 0 Å². The van der Waals surface area contributed by atoms with E-state index in [1.165, 1.54) is 6.92 Å². The molecule has 2 aromatic rings. The van der Waals surface area contributed by atoms with E-state index >= 15 is 0 Å². The molecule has 124 valence electrons. The number of ether oxygens (including phenoxy) is 1. The number of ketones is 1. The molecule has 0 unspecified atom stereocenters. The van der Waals surface area contributed by atoms with Crippen molar-refractivity contribution < 1.29 is 14.3 Å². The molecule has 7 heteroatoms. The summed E-state index contributed by atoms with van der Waals surface area (Å²) < 4.78 is 5.30. The maximum absolute atomic E-state index is 12.4. The summed E-state index contributed by atoms with van der Waals surface area (Å²) >= 11 is 0. The molecule has 1 aliphatic heterocycles. The summed E-state index contributed by atoms with van der Waals surface area (Å²) in [6.07, 6.45) is 1.57. The summed E-state index contributed by atoms with van der Waals surface area (Å²) in [4.78, 5) is 34.2. The number of hydrogen-bond acceptors (Lipinski definition) is 6. The number of Topliss-reactive ketones (excluding diaryl/α,β-unsaturated/α-hetero) is 1. The average Bonchev–Trinajstić information content (AvgIpc) is 2.63. The van der Waals surface area contributed by atoms with Gasteiger partial charge in [-0.3, -0.25) is 9.59 Å². The molecular weight excluding hydrogens is 308 g/mol. The minimum absolute atomic E-state index is 0.0150. The number of rotatable bonds is 4. The first-order chi connectivity index (χ1) is 11.6. The molecule has 0 aliphatic carbocycles. The molecule has 1 aromatic heterocycles. The number of benzene rings is 1. The lowest BCUT2D eigenvalue weighted by atomic mass is 10.1. The highest BCUT2D eigenvalue weighted by atomic mass is 16.5. The predicted octanol–water partition coefficient (Wildman–Crippen LogP) is 1.77. The Balaban J connectivity index is 1.71. The molecule has 1 amide bonds. The number of anilines is 2. The number of carbonyl (C=O) groups excluding carboxylic acids is 2. The summed E-state index contributed by atoms with van der Waals surface area (Å²) in [5.41, 5.74) is 1.50. The Morgan fingerprint density at radius 2 is 1.83 bits per heavy atom. The highest BCUT2D eigenvalue weighted by Gasteiger charge is 2.16. The average molecular weight is 326 g/mol. The van der Waals surface area contributed by atoms with E-state index in [-0.39, 0.29) is 11.7 Å². The molecule has 0 bridgehead atoms. The van der Waals surface area contributed by atoms with Crippen molar-refractivity contribution in [2.24, 2.45) is 0 Å². The quantitative estimate of drug-likeness (QED) is 0.862. The molecule has 1 aromatic carbocycles. The molecule has 0 atom stereocenters. The van der Waals surface area contributed by atoms with E-state index in [4.69, 9.17) is 4.74 Å². The second-order valence-corrected chi connectivity index (χ2v) is 5.43. The lowest BCUT2D eigenvalue weighted by molar-refractivity contribution is 0.101. The van der Waals surface area contributed by atoms with Gasteiger partial charge in [0.05, 0.1) is 13.2 Å². The van der Waals surface area contributed by atoms with Crippen LogP contribution in [0.4, 0.5) is 11.6 Å². The second kappa shape index (κ2) is 7.18. The van der Waals surface area contributed by atoms with Gasteiger partial charge in [0.1, 0.15) is 5.69 Å². The minimum Gasteiger partial charge on any atom is -0.378 e. The lowest BCUT2D eigenvalue weighted by Gasteiger charge is -2.26. The zero-order valence-electron chi connectivity index (χ0n) is 13.4. The van der Waals surface area contributed by atoms with Gasteiger partial charge in [0.25, 0.3) is 5.91 Å². The number of amides is 1. The molecule has 0 spiro atoms. The number of aromatic nitrogens is 2. The van der Waals surface area contributed by atoms with Gasteiger partial charge in [-0.15, -0.1) is 0 Å². The van der Waals surface area contributed by atoms with E-state index < -0.39 is 0 Å². The van der Waals surface area contributed by atoms with Gasteiger partial charge in [0.15, 0.2) is 5.78 Å². The largest absolute Gasteiger partial charge is 0.378 e. The van der Waals surface area contributed by atoms with E-state index in [1.54, 1.807) is 36.5 Å². The highest BCUT2D eigenvalue weighted by Crippen LogP contribution is 2.13. The van der Waals surface area contributed by atoms with Crippen molar-refractivity contribution in [2.45, 2.75) is 6.92 Å². The Morgan fingerprint density at radius 3 is 2.50 bits per heavy atom. The van der Waals surface area contributed by atoms with E-state index in [0.29, 0.717) is 49.2 Å². The van der Waals surface area contributed by atoms with E-state index in [9.17, 15) is 9.59 Å². The van der Waals surface area contributed by atoms with Crippen LogP contribution in [-0.4, -0.2) is 48.0 Å². The van der Waals surface area contributed by atoms with Crippen molar-refractivity contribution in [3.05, 3.63) is 47.8 Å². The fraction of sp³-hybridized carbons (Fsp3) is 0.294. The standard InChI is InChI=1S/C17H18N4O3/c1-12(22)13-2-4-14(5-3-13)19-16(23)15-6-7-18-17(20-15)21-8-10-24-11-9-21/h2-7H,8-11H2,1H3,(H,19,23). The smallest absolute Gasteiger partial charge is 0.274 e. The number of nitrogens with zero attached hydrogens (tertiary/aromatic N) is 3. The van der Waals surface area contributed by atoms with Crippen molar-refractivity contribution >= 4 is 23.3 Å². The summed E-state index contributed by atoms with van der Waals surface area (Å²) in [7, 11) is 0. The first-order valence-electron chi connectivity index (χ1n) is 7.71. The molecule has 0 radical (unpaired) electrons. The van der Waals surface area contributed by atoms with Gasteiger partial charge in [-0.2, -0.15) is 0 Å². The maximum Gasteiger partial charge on any atom is 0.274 e. The summed E-state index contributed by atoms with van der Waals surface area (Å²) in [5.74, 6) is 0.194. The van der Waals surface area contributed by atoms with Crippen LogP contribution in [-0.2, 0) is 4.74 Å². The third kappa shape index (κ3) is 3.75. The van der Waals surface area contributed by atoms with Crippen LogP contribution >= 0.6 is 0 Å². The van der Waals surface area contributed by atoms with Crippen LogP contribution in [0.1, 0.15) is 27.8 Å². The van der Waals surface area contributed by atoms with Crippen LogP contribution in [0.2, 0.25) is 0 Å². The van der Waals surface area contributed by atoms with E-state index in [2.05, 4.69) is 15.3 Å². The summed E-state index contributed by atoms with van der Waals surface area (Å²) in [5, 5.41) is 2.77. The third-order valence-electron chi connectivity index (χ3n) is 3.72. The number of hydrogen-bond donors (Lipinski definition) is 1. The molecule has 1 fully saturated rings. The zero-order valence-corrected chi connectivity index (χ0v) is 13.4. The van der Waals surface area contributed by atoms with Gasteiger partial charge in [0.2, 0.25) is 5.95 Å². The predicted molar refractivity (Wildman–Crippen MR) is 89.5 cm³/mol. The zero-order chi connectivity index (χ0) is 16.9. The number of morpholine rings is 1. The van der Waals surface area contributed by atoms with Crippen LogP contribution in [0.25, 0.3) is 0 Å². The van der Waals surface area contributed by atoms with Gasteiger partial charge < -0.3 is 15.0 Å². The van der Waals surface area contributed by atoms with Crippen molar-refractivity contribution in [2.75, 3.05) is 36.5 Å². The van der Waals surface area contributed by atoms with Crippen molar-refractivity contribution in [3.63, 3.8) is 0 Å². The monoisotopic (exact) mass is 326 g/mol. The molecule has 1 aliphatic rings. The molecule has 1 saturated heterocycles. The number of carbonyl (C=O) groups is 2. The Hall–Kier alpha value is -2.80. The molecule has 0 saturated carbocycles. The minimum atomic E-state index is -0.317. The molecule has 1 N–H and O–H groups in total. The summed E-state index contributed by atoms with van der Waals surface area (Å²) in [6, 6.07) is 8.31. The topological polar surface area (TPSA) is 84.4 Å². The third-order valence-corrected chi connectivity index (χ3v) is 3.72. The highest BCUT2D eigenvalue weighted by molar-refractivity contribution is 6.03. The Morgan fingerprint density at radius 1 is 1.12 bits per heavy atom. The summed E-state index contributed by atoms with van der Waals surface area (Å²) in [6.45, 7) is 4.17. The van der Waals surface area contributed by atoms with E-state index in [1.807, 2.05) is 4.90 Å². The Labute approximate surface area is 139 Å². The van der Waals surface area contributed by atoms with Gasteiger partial charge in [-0.25, -0.2) is 9.97 Å². The van der Waals surface area contributed by atoms with Crippen molar-refractivity contribution in [3.8, 4) is 0 Å². The van der Waals surface area contributed by atoms with Crippen molar-refractivity contribution in [1.29, 1.82) is 0 Å². The van der Waals surface area contributed by atoms with Gasteiger partial charge in [-0.1, -0.05) is 0 Å². The Bertz CT molecular complexity index is 740. The fourth-order valence-electron chi connectivity index (χ4n) is 2.37. The van der Waals surface area contributed by atoms with Gasteiger partial charge in [-0.05, 0) is 37.3 Å². The van der Waals surface area contributed by atoms with Crippen LogP contribution in [0.3, 0.4) is 0 Å². The molecule has 7 nitrogen and oxygen atoms in total. The molecule has 2 heterocycles. The fourth-order valence-corrected chi connectivity index (χ4v) is 2.37. The molecule has 24 heavy (non-hydrogen) atoms. The first-order valence-corrected chi connectivity index (χ1v) is 7.71. The molecular formula is C17H18N4O3. The van der Waals surface area contributed by atoms with Crippen LogP contribution < -0.4 is 10.2 Å². The maximum atomic E-state index is 12.4. The van der Waals surface area contributed by atoms with Crippen molar-refractivity contribution in [1.82, 2.24) is 9.97 Å². The van der Waals surface area contributed by atoms with Crippen LogP contribution in [0.15, 0.2) is 36.5 Å². The van der Waals surface area contributed by atoms with Gasteiger partial charge in [0, 0.05) is 30.5 Å². The normalized spacial score (nSPS) is 14.3. The first kappa shape index (κ1) is 16.1. The number of nitrogens with one attached hydrogen (secondary N) is 1. The molecule has 3 rings (SSSR count). The second-order valence-electron chi connectivity index (χ2n) is 5.43. The van der Waals surface area contributed by atoms with Gasteiger partial charge >= 0.3 is 0 Å². The van der Waals surface area contributed by atoms with E-state index in [0.717, 1.165) is 0 Å². The Kier molecular flexibility index (Phi) is 4.81. The van der Waals surface area contributed by atoms with Crippen LogP contribution in [0, 0.1) is 0 Å².